The van der Waals surface area contributed by atoms with Gasteiger partial charge in [-0.25, -0.2) is 8.42 Å². The number of thiophene rings is 1. The van der Waals surface area contributed by atoms with Gasteiger partial charge in [0, 0.05) is 12.3 Å². The first-order valence-electron chi connectivity index (χ1n) is 3.81. The SMILES string of the molecule is CS(=O)(=O)c1cc(=O)c2cc(Cl)sc2s1. The molecule has 0 saturated heterocycles. The first-order chi connectivity index (χ1) is 6.88. The van der Waals surface area contributed by atoms with Crippen LogP contribution >= 0.6 is 34.3 Å². The second-order valence-electron chi connectivity index (χ2n) is 2.95. The fraction of sp³-hybridized carbons (Fsp3) is 0.125. The molecule has 2 heterocycles. The third-order valence-electron chi connectivity index (χ3n) is 1.74. The molecule has 0 saturated carbocycles. The lowest BCUT2D eigenvalue weighted by molar-refractivity contribution is 0.603. The van der Waals surface area contributed by atoms with Crippen molar-refractivity contribution in [1.82, 2.24) is 0 Å². The summed E-state index contributed by atoms with van der Waals surface area (Å²) in [6, 6.07) is 2.71. The zero-order chi connectivity index (χ0) is 11.2. The molecular formula is C8H5ClO3S3. The molecule has 2 rings (SSSR count). The molecule has 0 radical (unpaired) electrons. The van der Waals surface area contributed by atoms with Crippen molar-refractivity contribution < 1.29 is 8.42 Å². The van der Waals surface area contributed by atoms with Gasteiger partial charge in [-0.05, 0) is 6.07 Å². The Labute approximate surface area is 98.9 Å². The Morgan fingerprint density at radius 1 is 1.27 bits per heavy atom. The maximum atomic E-state index is 11.5. The predicted molar refractivity (Wildman–Crippen MR) is 64.1 cm³/mol. The number of rotatable bonds is 1. The van der Waals surface area contributed by atoms with Crippen LogP contribution in [-0.2, 0) is 9.84 Å². The lowest BCUT2D eigenvalue weighted by Gasteiger charge is -1.95. The number of hydrogen-bond donors (Lipinski definition) is 0. The van der Waals surface area contributed by atoms with Crippen LogP contribution < -0.4 is 5.43 Å². The highest BCUT2D eigenvalue weighted by Gasteiger charge is 2.13. The molecule has 0 N–H and O–H groups in total. The minimum atomic E-state index is -3.33. The summed E-state index contributed by atoms with van der Waals surface area (Å²) in [4.78, 5) is 11.5. The molecule has 0 aliphatic heterocycles. The van der Waals surface area contributed by atoms with Gasteiger partial charge in [0.05, 0.1) is 13.7 Å². The first kappa shape index (κ1) is 11.1. The third kappa shape index (κ3) is 2.08. The second-order valence-corrected chi connectivity index (χ2v) is 8.19. The molecule has 0 amide bonds. The quantitative estimate of drug-likeness (QED) is 0.806. The lowest BCUT2D eigenvalue weighted by atomic mass is 10.4. The van der Waals surface area contributed by atoms with Crippen molar-refractivity contribution in [3.8, 4) is 0 Å². The normalized spacial score (nSPS) is 12.1. The average Bonchev–Trinajstić information content (AvgIpc) is 2.44. The van der Waals surface area contributed by atoms with Gasteiger partial charge in [-0.1, -0.05) is 11.6 Å². The van der Waals surface area contributed by atoms with Crippen molar-refractivity contribution in [2.75, 3.05) is 6.26 Å². The number of hydrogen-bond acceptors (Lipinski definition) is 5. The smallest absolute Gasteiger partial charge is 0.190 e. The molecule has 80 valence electrons. The van der Waals surface area contributed by atoms with Gasteiger partial charge >= 0.3 is 0 Å². The highest BCUT2D eigenvalue weighted by molar-refractivity contribution is 7.93. The molecule has 3 nitrogen and oxygen atoms in total. The lowest BCUT2D eigenvalue weighted by Crippen LogP contribution is -2.03. The van der Waals surface area contributed by atoms with Crippen molar-refractivity contribution in [2.24, 2.45) is 0 Å². The van der Waals surface area contributed by atoms with Crippen LogP contribution in [0.15, 0.2) is 21.1 Å². The van der Waals surface area contributed by atoms with E-state index in [0.29, 0.717) is 13.7 Å². The Morgan fingerprint density at radius 2 is 1.93 bits per heavy atom. The van der Waals surface area contributed by atoms with Crippen molar-refractivity contribution >= 4 is 53.5 Å². The van der Waals surface area contributed by atoms with Crippen molar-refractivity contribution in [2.45, 2.75) is 4.21 Å². The van der Waals surface area contributed by atoms with E-state index < -0.39 is 9.84 Å². The van der Waals surface area contributed by atoms with E-state index in [1.165, 1.54) is 11.3 Å². The Morgan fingerprint density at radius 3 is 2.53 bits per heavy atom. The maximum absolute atomic E-state index is 11.5. The molecule has 0 aliphatic carbocycles. The van der Waals surface area contributed by atoms with Crippen molar-refractivity contribution in [1.29, 1.82) is 0 Å². The highest BCUT2D eigenvalue weighted by atomic mass is 35.5. The molecule has 0 spiro atoms. The van der Waals surface area contributed by atoms with Gasteiger partial charge in [-0.2, -0.15) is 0 Å². The van der Waals surface area contributed by atoms with Gasteiger partial charge in [0.1, 0.15) is 4.21 Å². The molecule has 15 heavy (non-hydrogen) atoms. The molecule has 7 heteroatoms. The molecule has 2 aromatic heterocycles. The van der Waals surface area contributed by atoms with Crippen molar-refractivity contribution in [3.63, 3.8) is 0 Å². The topological polar surface area (TPSA) is 51.2 Å². The van der Waals surface area contributed by atoms with Crippen molar-refractivity contribution in [3.05, 3.63) is 26.7 Å². The summed E-state index contributed by atoms with van der Waals surface area (Å²) in [7, 11) is -3.33. The predicted octanol–water partition coefficient (Wildman–Crippen LogP) is 2.38. The molecule has 0 bridgehead atoms. The van der Waals surface area contributed by atoms with Crippen LogP contribution in [0.1, 0.15) is 0 Å². The van der Waals surface area contributed by atoms with Crippen LogP contribution in [-0.4, -0.2) is 14.7 Å². The first-order valence-corrected chi connectivity index (χ1v) is 7.71. The van der Waals surface area contributed by atoms with E-state index >= 15 is 0 Å². The van der Waals surface area contributed by atoms with E-state index in [1.807, 2.05) is 0 Å². The minimum absolute atomic E-state index is 0.0820. The van der Waals surface area contributed by atoms with Gasteiger partial charge in [-0.15, -0.1) is 22.7 Å². The average molecular weight is 281 g/mol. The summed E-state index contributed by atoms with van der Waals surface area (Å²) >= 11 is 8.05. The van der Waals surface area contributed by atoms with Gasteiger partial charge < -0.3 is 0 Å². The Kier molecular flexibility index (Phi) is 2.62. The number of fused-ring (bicyclic) bond motifs is 1. The fourth-order valence-corrected chi connectivity index (χ4v) is 4.84. The van der Waals surface area contributed by atoms with Crippen LogP contribution in [0.2, 0.25) is 4.34 Å². The van der Waals surface area contributed by atoms with E-state index in [9.17, 15) is 13.2 Å². The van der Waals surface area contributed by atoms with Crippen LogP contribution in [0.4, 0.5) is 0 Å². The van der Waals surface area contributed by atoms with E-state index in [1.54, 1.807) is 6.07 Å². The number of sulfone groups is 1. The Balaban J connectivity index is 2.90. The summed E-state index contributed by atoms with van der Waals surface area (Å²) in [5.74, 6) is 0. The fourth-order valence-electron chi connectivity index (χ4n) is 1.08. The molecular weight excluding hydrogens is 276 g/mol. The van der Waals surface area contributed by atoms with Gasteiger partial charge in [0.25, 0.3) is 0 Å². The summed E-state index contributed by atoms with van der Waals surface area (Å²) in [5.41, 5.74) is -0.299. The molecule has 0 aliphatic rings. The van der Waals surface area contributed by atoms with Crippen LogP contribution in [0, 0.1) is 0 Å². The standard InChI is InChI=1S/C8H5ClO3S3/c1-15(11,12)7-3-5(10)4-2-6(9)13-8(4)14-7/h2-3H,1H3. The summed E-state index contributed by atoms with van der Waals surface area (Å²) in [6.45, 7) is 0. The van der Waals surface area contributed by atoms with Crippen LogP contribution in [0.25, 0.3) is 9.40 Å². The second kappa shape index (κ2) is 3.55. The van der Waals surface area contributed by atoms with Gasteiger partial charge in [-0.3, -0.25) is 4.79 Å². The highest BCUT2D eigenvalue weighted by Crippen LogP contribution is 2.32. The summed E-state index contributed by atoms with van der Waals surface area (Å²) in [5, 5.41) is 0.488. The Bertz CT molecular complexity index is 681. The molecule has 0 atom stereocenters. The van der Waals surface area contributed by atoms with Crippen LogP contribution in [0.5, 0.6) is 0 Å². The van der Waals surface area contributed by atoms with E-state index in [2.05, 4.69) is 0 Å². The van der Waals surface area contributed by atoms with E-state index in [-0.39, 0.29) is 9.64 Å². The zero-order valence-corrected chi connectivity index (χ0v) is 10.7. The van der Waals surface area contributed by atoms with Gasteiger partial charge in [0.15, 0.2) is 15.3 Å². The number of halogens is 1. The zero-order valence-electron chi connectivity index (χ0n) is 7.48. The largest absolute Gasteiger partial charge is 0.289 e. The molecule has 0 unspecified atom stereocenters. The van der Waals surface area contributed by atoms with E-state index in [0.717, 1.165) is 23.7 Å². The maximum Gasteiger partial charge on any atom is 0.190 e. The Hall–Kier alpha value is -0.430. The van der Waals surface area contributed by atoms with Crippen LogP contribution in [0.3, 0.4) is 0 Å². The molecule has 0 aromatic carbocycles. The minimum Gasteiger partial charge on any atom is -0.289 e. The molecule has 2 aromatic rings. The summed E-state index contributed by atoms with van der Waals surface area (Å²) < 4.78 is 23.8. The van der Waals surface area contributed by atoms with E-state index in [4.69, 9.17) is 11.6 Å². The van der Waals surface area contributed by atoms with Gasteiger partial charge in [0.2, 0.25) is 0 Å². The summed E-state index contributed by atoms with van der Waals surface area (Å²) in [6.07, 6.45) is 1.08. The molecule has 0 fully saturated rings. The monoisotopic (exact) mass is 280 g/mol. The third-order valence-corrected chi connectivity index (χ3v) is 6.03.